The number of carboxylic acid groups (broad SMARTS) is 2. The van der Waals surface area contributed by atoms with E-state index < -0.39 is 62.9 Å². The molecule has 0 radical (unpaired) electrons. The van der Waals surface area contributed by atoms with Gasteiger partial charge in [0.25, 0.3) is 0 Å². The molecule has 0 saturated carbocycles. The maximum atomic E-state index is 11.3. The molecule has 9 nitrogen and oxygen atoms in total. The van der Waals surface area contributed by atoms with E-state index in [0.717, 1.165) is 12.1 Å². The number of hydrogen-bond acceptors (Lipinski definition) is 7. The first-order valence-corrected chi connectivity index (χ1v) is 5.96. The van der Waals surface area contributed by atoms with Gasteiger partial charge in [-0.15, -0.1) is 0 Å². The quantitative estimate of drug-likeness (QED) is 0.410. The molecular weight excluding hydrogens is 312 g/mol. The summed E-state index contributed by atoms with van der Waals surface area (Å²) in [6.45, 7) is 0. The van der Waals surface area contributed by atoms with Crippen molar-refractivity contribution >= 4 is 11.9 Å². The number of phenolic OH excluding ortho intramolecular Hbond substituents is 5. The number of benzene rings is 2. The van der Waals surface area contributed by atoms with E-state index in [1.54, 1.807) is 0 Å². The lowest BCUT2D eigenvalue weighted by atomic mass is 9.92. The molecule has 0 unspecified atom stereocenters. The van der Waals surface area contributed by atoms with Crippen LogP contribution in [0, 0.1) is 0 Å². The van der Waals surface area contributed by atoms with Crippen LogP contribution in [0.1, 0.15) is 20.7 Å². The second-order valence-electron chi connectivity index (χ2n) is 4.48. The molecule has 0 aliphatic heterocycles. The summed E-state index contributed by atoms with van der Waals surface area (Å²) < 4.78 is 0. The lowest BCUT2D eigenvalue weighted by Crippen LogP contribution is -2.05. The Balaban J connectivity index is 3.04. The molecule has 7 N–H and O–H groups in total. The molecule has 2 aromatic rings. The van der Waals surface area contributed by atoms with Crippen molar-refractivity contribution in [1.29, 1.82) is 0 Å². The second-order valence-corrected chi connectivity index (χ2v) is 4.48. The molecule has 0 spiro atoms. The molecule has 0 aliphatic rings. The third kappa shape index (κ3) is 2.39. The predicted molar refractivity (Wildman–Crippen MR) is 74.1 cm³/mol. The molecule has 0 fully saturated rings. The van der Waals surface area contributed by atoms with Crippen molar-refractivity contribution in [3.8, 4) is 39.9 Å². The van der Waals surface area contributed by atoms with Crippen molar-refractivity contribution in [2.24, 2.45) is 0 Å². The fourth-order valence-corrected chi connectivity index (χ4v) is 2.08. The second kappa shape index (κ2) is 5.30. The van der Waals surface area contributed by atoms with Gasteiger partial charge in [0.15, 0.2) is 23.0 Å². The Morgan fingerprint density at radius 2 is 1.17 bits per heavy atom. The van der Waals surface area contributed by atoms with Crippen LogP contribution in [0.15, 0.2) is 18.2 Å². The Hall–Kier alpha value is -3.62. The van der Waals surface area contributed by atoms with Crippen LogP contribution in [0.2, 0.25) is 0 Å². The molecule has 0 bridgehead atoms. The van der Waals surface area contributed by atoms with E-state index in [1.165, 1.54) is 0 Å². The zero-order valence-electron chi connectivity index (χ0n) is 11.2. The minimum absolute atomic E-state index is 0.571. The van der Waals surface area contributed by atoms with Gasteiger partial charge in [0.2, 0.25) is 5.75 Å². The highest BCUT2D eigenvalue weighted by atomic mass is 16.4. The maximum absolute atomic E-state index is 11.3. The van der Waals surface area contributed by atoms with Crippen LogP contribution in [0.5, 0.6) is 28.7 Å². The normalized spacial score (nSPS) is 10.4. The Morgan fingerprint density at radius 1 is 0.652 bits per heavy atom. The van der Waals surface area contributed by atoms with Crippen molar-refractivity contribution in [1.82, 2.24) is 0 Å². The summed E-state index contributed by atoms with van der Waals surface area (Å²) in [6.07, 6.45) is 0. The van der Waals surface area contributed by atoms with E-state index in [-0.39, 0.29) is 0 Å². The maximum Gasteiger partial charge on any atom is 0.336 e. The molecule has 23 heavy (non-hydrogen) atoms. The molecule has 2 rings (SSSR count). The summed E-state index contributed by atoms with van der Waals surface area (Å²) >= 11 is 0. The zero-order chi connectivity index (χ0) is 17.5. The van der Waals surface area contributed by atoms with Gasteiger partial charge in [0, 0.05) is 11.1 Å². The third-order valence-corrected chi connectivity index (χ3v) is 3.12. The van der Waals surface area contributed by atoms with Crippen LogP contribution in [-0.2, 0) is 0 Å². The number of carboxylic acids is 2. The van der Waals surface area contributed by atoms with E-state index >= 15 is 0 Å². The topological polar surface area (TPSA) is 176 Å². The lowest BCUT2D eigenvalue weighted by molar-refractivity contribution is 0.0683. The number of phenols is 5. The van der Waals surface area contributed by atoms with Gasteiger partial charge in [0.1, 0.15) is 0 Å². The van der Waals surface area contributed by atoms with Crippen molar-refractivity contribution in [3.63, 3.8) is 0 Å². The number of aromatic hydroxyl groups is 5. The summed E-state index contributed by atoms with van der Waals surface area (Å²) in [5.74, 6) is -8.26. The number of rotatable bonds is 3. The number of hydrogen-bond donors (Lipinski definition) is 7. The minimum atomic E-state index is -1.68. The molecule has 0 amide bonds. The fraction of sp³-hybridized carbons (Fsp3) is 0. The summed E-state index contributed by atoms with van der Waals surface area (Å²) in [6, 6.07) is 2.31. The lowest BCUT2D eigenvalue weighted by Gasteiger charge is -2.15. The van der Waals surface area contributed by atoms with Crippen LogP contribution in [0.3, 0.4) is 0 Å². The van der Waals surface area contributed by atoms with Crippen LogP contribution in [0.4, 0.5) is 0 Å². The van der Waals surface area contributed by atoms with Gasteiger partial charge in [-0.2, -0.15) is 0 Å². The van der Waals surface area contributed by atoms with E-state index in [1.807, 2.05) is 0 Å². The summed E-state index contributed by atoms with van der Waals surface area (Å²) in [4.78, 5) is 22.6. The minimum Gasteiger partial charge on any atom is -0.504 e. The van der Waals surface area contributed by atoms with Crippen LogP contribution in [0.25, 0.3) is 11.1 Å². The molecule has 9 heteroatoms. The van der Waals surface area contributed by atoms with Gasteiger partial charge in [-0.3, -0.25) is 0 Å². The monoisotopic (exact) mass is 322 g/mol. The van der Waals surface area contributed by atoms with E-state index in [9.17, 15) is 35.1 Å². The molecule has 0 aliphatic carbocycles. The third-order valence-electron chi connectivity index (χ3n) is 3.12. The van der Waals surface area contributed by atoms with E-state index in [2.05, 4.69) is 0 Å². The van der Waals surface area contributed by atoms with E-state index in [0.29, 0.717) is 6.07 Å². The van der Waals surface area contributed by atoms with E-state index in [4.69, 9.17) is 10.2 Å². The molecular formula is C14H10O9. The first-order valence-electron chi connectivity index (χ1n) is 5.96. The standard InChI is InChI=1S/C14H10O9/c15-6-2-1-4(13(20)21)8(10(6)17)9-5(14(22)23)3-7(16)11(18)12(9)19/h1-3,15-19H,(H,20,21)(H,22,23). The SMILES string of the molecule is O=C(O)c1ccc(O)c(O)c1-c1c(C(=O)O)cc(O)c(O)c1O. The van der Waals surface area contributed by atoms with Crippen molar-refractivity contribution < 1.29 is 45.3 Å². The van der Waals surface area contributed by atoms with Gasteiger partial charge in [0.05, 0.1) is 11.1 Å². The fourth-order valence-electron chi connectivity index (χ4n) is 2.08. The van der Waals surface area contributed by atoms with Gasteiger partial charge >= 0.3 is 11.9 Å². The van der Waals surface area contributed by atoms with Crippen molar-refractivity contribution in [2.45, 2.75) is 0 Å². The summed E-state index contributed by atoms with van der Waals surface area (Å²) in [5.41, 5.74) is -2.91. The van der Waals surface area contributed by atoms with Gasteiger partial charge < -0.3 is 35.7 Å². The van der Waals surface area contributed by atoms with Crippen LogP contribution >= 0.6 is 0 Å². The molecule has 0 saturated heterocycles. The highest BCUT2D eigenvalue weighted by molar-refractivity contribution is 6.06. The average molecular weight is 322 g/mol. The highest BCUT2D eigenvalue weighted by Crippen LogP contribution is 2.50. The molecule has 0 atom stereocenters. The largest absolute Gasteiger partial charge is 0.504 e. The predicted octanol–water partition coefficient (Wildman–Crippen LogP) is 1.28. The average Bonchev–Trinajstić information content (AvgIpc) is 2.47. The van der Waals surface area contributed by atoms with Gasteiger partial charge in [-0.25, -0.2) is 9.59 Å². The van der Waals surface area contributed by atoms with Gasteiger partial charge in [-0.1, -0.05) is 0 Å². The first kappa shape index (κ1) is 15.8. The molecule has 0 heterocycles. The highest BCUT2D eigenvalue weighted by Gasteiger charge is 2.29. The van der Waals surface area contributed by atoms with Gasteiger partial charge in [-0.05, 0) is 18.2 Å². The Morgan fingerprint density at radius 3 is 1.70 bits per heavy atom. The Labute approximate surface area is 127 Å². The first-order chi connectivity index (χ1) is 10.7. The van der Waals surface area contributed by atoms with Crippen molar-refractivity contribution in [3.05, 3.63) is 29.3 Å². The number of carbonyl (C=O) groups is 2. The Kier molecular flexibility index (Phi) is 3.63. The van der Waals surface area contributed by atoms with Crippen molar-refractivity contribution in [2.75, 3.05) is 0 Å². The summed E-state index contributed by atoms with van der Waals surface area (Å²) in [5, 5.41) is 66.6. The molecule has 0 aromatic heterocycles. The number of aromatic carboxylic acids is 2. The van der Waals surface area contributed by atoms with Crippen LogP contribution in [-0.4, -0.2) is 47.7 Å². The smallest absolute Gasteiger partial charge is 0.336 e. The van der Waals surface area contributed by atoms with Crippen LogP contribution < -0.4 is 0 Å². The molecule has 120 valence electrons. The zero-order valence-corrected chi connectivity index (χ0v) is 11.2. The molecule has 2 aromatic carbocycles. The summed E-state index contributed by atoms with van der Waals surface area (Å²) in [7, 11) is 0. The Bertz CT molecular complexity index is 839.